The van der Waals surface area contributed by atoms with Gasteiger partial charge in [0, 0.05) is 6.04 Å². The van der Waals surface area contributed by atoms with E-state index in [-0.39, 0.29) is 12.5 Å². The average Bonchev–Trinajstić information content (AvgIpc) is 2.85. The van der Waals surface area contributed by atoms with Crippen molar-refractivity contribution >= 4 is 5.91 Å². The quantitative estimate of drug-likeness (QED) is 0.818. The van der Waals surface area contributed by atoms with Crippen LogP contribution in [-0.4, -0.2) is 25.2 Å². The van der Waals surface area contributed by atoms with Gasteiger partial charge in [-0.05, 0) is 50.4 Å². The largest absolute Gasteiger partial charge is 0.371 e. The van der Waals surface area contributed by atoms with Crippen LogP contribution in [0.25, 0.3) is 0 Å². The van der Waals surface area contributed by atoms with Gasteiger partial charge in [-0.15, -0.1) is 0 Å². The molecule has 0 unspecified atom stereocenters. The van der Waals surface area contributed by atoms with Crippen LogP contribution in [-0.2, 0) is 9.53 Å². The summed E-state index contributed by atoms with van der Waals surface area (Å²) >= 11 is 0. The molecule has 0 saturated heterocycles. The second kappa shape index (κ2) is 7.13. The van der Waals surface area contributed by atoms with Gasteiger partial charge in [0.1, 0.15) is 6.61 Å². The van der Waals surface area contributed by atoms with E-state index in [4.69, 9.17) is 4.74 Å². The summed E-state index contributed by atoms with van der Waals surface area (Å²) in [5, 5.41) is 3.10. The van der Waals surface area contributed by atoms with Gasteiger partial charge in [-0.2, -0.15) is 0 Å². The Kier molecular flexibility index (Phi) is 5.48. The molecule has 2 rings (SSSR count). The van der Waals surface area contributed by atoms with Crippen LogP contribution in [0.3, 0.4) is 0 Å². The highest BCUT2D eigenvalue weighted by molar-refractivity contribution is 5.77. The molecular formula is C15H27NO2. The first-order valence-corrected chi connectivity index (χ1v) is 7.61. The fourth-order valence-corrected chi connectivity index (χ4v) is 3.17. The number of nitrogens with one attached hydrogen (secondary N) is 1. The average molecular weight is 253 g/mol. The SMILES string of the molecule is CC1CCC(NC(=O)COCC2CCCC2)CC1. The number of hydrogen-bond donors (Lipinski definition) is 1. The van der Waals surface area contributed by atoms with Gasteiger partial charge < -0.3 is 10.1 Å². The Balaban J connectivity index is 1.54. The third-order valence-corrected chi connectivity index (χ3v) is 4.44. The van der Waals surface area contributed by atoms with Crippen molar-refractivity contribution in [2.24, 2.45) is 11.8 Å². The summed E-state index contributed by atoms with van der Waals surface area (Å²) in [6, 6.07) is 0.392. The molecule has 0 aromatic carbocycles. The smallest absolute Gasteiger partial charge is 0.246 e. The van der Waals surface area contributed by atoms with Gasteiger partial charge in [0.15, 0.2) is 0 Å². The predicted octanol–water partition coefficient (Wildman–Crippen LogP) is 2.89. The number of carbonyl (C=O) groups is 1. The number of rotatable bonds is 5. The summed E-state index contributed by atoms with van der Waals surface area (Å²) in [7, 11) is 0. The van der Waals surface area contributed by atoms with Crippen LogP contribution < -0.4 is 5.32 Å². The molecule has 0 aromatic rings. The van der Waals surface area contributed by atoms with E-state index >= 15 is 0 Å². The molecule has 2 aliphatic carbocycles. The maximum atomic E-state index is 11.7. The zero-order valence-electron chi connectivity index (χ0n) is 11.6. The maximum Gasteiger partial charge on any atom is 0.246 e. The van der Waals surface area contributed by atoms with Crippen molar-refractivity contribution in [1.82, 2.24) is 5.32 Å². The molecule has 0 bridgehead atoms. The van der Waals surface area contributed by atoms with E-state index in [1.807, 2.05) is 0 Å². The summed E-state index contributed by atoms with van der Waals surface area (Å²) in [4.78, 5) is 11.7. The van der Waals surface area contributed by atoms with Crippen LogP contribution in [0.15, 0.2) is 0 Å². The third kappa shape index (κ3) is 4.60. The van der Waals surface area contributed by atoms with Gasteiger partial charge in [-0.25, -0.2) is 0 Å². The van der Waals surface area contributed by atoms with Gasteiger partial charge >= 0.3 is 0 Å². The molecule has 0 radical (unpaired) electrons. The Bertz CT molecular complexity index is 253. The molecule has 0 aromatic heterocycles. The minimum atomic E-state index is 0.0764. The first-order chi connectivity index (χ1) is 8.74. The van der Waals surface area contributed by atoms with Crippen molar-refractivity contribution in [3.05, 3.63) is 0 Å². The Morgan fingerprint density at radius 1 is 1.11 bits per heavy atom. The lowest BCUT2D eigenvalue weighted by atomic mass is 9.87. The number of ether oxygens (including phenoxy) is 1. The van der Waals surface area contributed by atoms with Crippen LogP contribution in [0.4, 0.5) is 0 Å². The van der Waals surface area contributed by atoms with Gasteiger partial charge in [0.05, 0.1) is 6.61 Å². The zero-order chi connectivity index (χ0) is 12.8. The highest BCUT2D eigenvalue weighted by Gasteiger charge is 2.20. The van der Waals surface area contributed by atoms with E-state index in [9.17, 15) is 4.79 Å². The van der Waals surface area contributed by atoms with E-state index in [0.717, 1.165) is 25.4 Å². The Morgan fingerprint density at radius 2 is 1.78 bits per heavy atom. The summed E-state index contributed by atoms with van der Waals surface area (Å²) < 4.78 is 5.53. The molecule has 0 heterocycles. The van der Waals surface area contributed by atoms with Gasteiger partial charge in [-0.1, -0.05) is 19.8 Å². The topological polar surface area (TPSA) is 38.3 Å². The maximum absolute atomic E-state index is 11.7. The van der Waals surface area contributed by atoms with Crippen LogP contribution in [0, 0.1) is 11.8 Å². The molecule has 18 heavy (non-hydrogen) atoms. The molecule has 104 valence electrons. The molecule has 3 heteroatoms. The van der Waals surface area contributed by atoms with Gasteiger partial charge in [-0.3, -0.25) is 4.79 Å². The van der Waals surface area contributed by atoms with Crippen LogP contribution in [0.1, 0.15) is 58.3 Å². The number of carbonyl (C=O) groups excluding carboxylic acids is 1. The van der Waals surface area contributed by atoms with Crippen molar-refractivity contribution in [3.63, 3.8) is 0 Å². The van der Waals surface area contributed by atoms with Gasteiger partial charge in [0.2, 0.25) is 5.91 Å². The van der Waals surface area contributed by atoms with Crippen LogP contribution >= 0.6 is 0 Å². The molecule has 0 aliphatic heterocycles. The van der Waals surface area contributed by atoms with Crippen molar-refractivity contribution in [1.29, 1.82) is 0 Å². The van der Waals surface area contributed by atoms with E-state index < -0.39 is 0 Å². The number of amides is 1. The lowest BCUT2D eigenvalue weighted by molar-refractivity contribution is -0.127. The second-order valence-corrected chi connectivity index (χ2v) is 6.19. The van der Waals surface area contributed by atoms with Crippen molar-refractivity contribution in [2.45, 2.75) is 64.3 Å². The molecule has 1 amide bonds. The fourth-order valence-electron chi connectivity index (χ4n) is 3.17. The second-order valence-electron chi connectivity index (χ2n) is 6.19. The van der Waals surface area contributed by atoms with Crippen molar-refractivity contribution < 1.29 is 9.53 Å². The molecule has 1 N–H and O–H groups in total. The molecule has 0 atom stereocenters. The monoisotopic (exact) mass is 253 g/mol. The molecule has 3 nitrogen and oxygen atoms in total. The summed E-state index contributed by atoms with van der Waals surface area (Å²) in [6.45, 7) is 3.32. The lowest BCUT2D eigenvalue weighted by Crippen LogP contribution is -2.39. The molecule has 2 saturated carbocycles. The Morgan fingerprint density at radius 3 is 2.44 bits per heavy atom. The zero-order valence-corrected chi connectivity index (χ0v) is 11.6. The molecule has 2 aliphatic rings. The summed E-state index contributed by atoms with van der Waals surface area (Å²) in [5.41, 5.74) is 0. The van der Waals surface area contributed by atoms with E-state index in [0.29, 0.717) is 12.0 Å². The standard InChI is InChI=1S/C15H27NO2/c1-12-6-8-14(9-7-12)16-15(17)11-18-10-13-4-2-3-5-13/h12-14H,2-11H2,1H3,(H,16,17). The summed E-state index contributed by atoms with van der Waals surface area (Å²) in [6.07, 6.45) is 9.98. The molecule has 0 spiro atoms. The minimum absolute atomic E-state index is 0.0764. The summed E-state index contributed by atoms with van der Waals surface area (Å²) in [5.74, 6) is 1.61. The first-order valence-electron chi connectivity index (χ1n) is 7.61. The predicted molar refractivity (Wildman–Crippen MR) is 72.3 cm³/mol. The lowest BCUT2D eigenvalue weighted by Gasteiger charge is -2.26. The van der Waals surface area contributed by atoms with E-state index in [1.165, 1.54) is 38.5 Å². The van der Waals surface area contributed by atoms with E-state index in [1.54, 1.807) is 0 Å². The minimum Gasteiger partial charge on any atom is -0.371 e. The normalized spacial score (nSPS) is 29.4. The fraction of sp³-hybridized carbons (Fsp3) is 0.933. The molecular weight excluding hydrogens is 226 g/mol. The molecule has 2 fully saturated rings. The Hall–Kier alpha value is -0.570. The highest BCUT2D eigenvalue weighted by atomic mass is 16.5. The highest BCUT2D eigenvalue weighted by Crippen LogP contribution is 2.25. The number of hydrogen-bond acceptors (Lipinski definition) is 2. The van der Waals surface area contributed by atoms with E-state index in [2.05, 4.69) is 12.2 Å². The van der Waals surface area contributed by atoms with Crippen LogP contribution in [0.5, 0.6) is 0 Å². The van der Waals surface area contributed by atoms with Crippen molar-refractivity contribution in [3.8, 4) is 0 Å². The Labute approximate surface area is 111 Å². The van der Waals surface area contributed by atoms with Crippen LogP contribution in [0.2, 0.25) is 0 Å². The third-order valence-electron chi connectivity index (χ3n) is 4.44. The van der Waals surface area contributed by atoms with Gasteiger partial charge in [0.25, 0.3) is 0 Å². The first kappa shape index (κ1) is 13.9. The van der Waals surface area contributed by atoms with Crippen molar-refractivity contribution in [2.75, 3.05) is 13.2 Å².